The SMILES string of the molecule is N=C1C=CC=C(B(O)O)C1. The van der Waals surface area contributed by atoms with Crippen molar-refractivity contribution < 1.29 is 10.0 Å². The Kier molecular flexibility index (Phi) is 2.04. The minimum atomic E-state index is -1.41. The first-order chi connectivity index (χ1) is 4.70. The average molecular weight is 137 g/mol. The fraction of sp³-hybridized carbons (Fsp3) is 0.167. The summed E-state index contributed by atoms with van der Waals surface area (Å²) in [5.41, 5.74) is 0.887. The van der Waals surface area contributed by atoms with Crippen LogP contribution < -0.4 is 0 Å². The van der Waals surface area contributed by atoms with Gasteiger partial charge in [0.1, 0.15) is 0 Å². The van der Waals surface area contributed by atoms with Crippen LogP contribution in [0.4, 0.5) is 0 Å². The third kappa shape index (κ3) is 1.56. The standard InChI is InChI=1S/C6H8BNO2/c8-6-3-1-2-5(4-6)7(9)10/h1-3,8-10H,4H2. The van der Waals surface area contributed by atoms with Gasteiger partial charge in [-0.1, -0.05) is 12.2 Å². The highest BCUT2D eigenvalue weighted by Crippen LogP contribution is 2.09. The second-order valence-electron chi connectivity index (χ2n) is 2.18. The van der Waals surface area contributed by atoms with Gasteiger partial charge in [-0.15, -0.1) is 0 Å². The Balaban J connectivity index is 2.70. The maximum absolute atomic E-state index is 8.65. The fourth-order valence-corrected chi connectivity index (χ4v) is 0.803. The van der Waals surface area contributed by atoms with E-state index < -0.39 is 7.12 Å². The molecule has 0 fully saturated rings. The lowest BCUT2D eigenvalue weighted by Gasteiger charge is -2.07. The van der Waals surface area contributed by atoms with E-state index in [1.807, 2.05) is 0 Å². The van der Waals surface area contributed by atoms with Crippen molar-refractivity contribution in [2.24, 2.45) is 0 Å². The molecule has 0 radical (unpaired) electrons. The van der Waals surface area contributed by atoms with Crippen molar-refractivity contribution in [3.8, 4) is 0 Å². The molecule has 0 amide bonds. The van der Waals surface area contributed by atoms with Crippen LogP contribution in [0.5, 0.6) is 0 Å². The topological polar surface area (TPSA) is 64.3 Å². The zero-order chi connectivity index (χ0) is 7.56. The second kappa shape index (κ2) is 2.81. The molecule has 3 N–H and O–H groups in total. The van der Waals surface area contributed by atoms with E-state index in [1.54, 1.807) is 18.2 Å². The van der Waals surface area contributed by atoms with Gasteiger partial charge in [-0.2, -0.15) is 0 Å². The monoisotopic (exact) mass is 137 g/mol. The molecule has 10 heavy (non-hydrogen) atoms. The lowest BCUT2D eigenvalue weighted by molar-refractivity contribution is 0.418. The Bertz CT molecular complexity index is 208. The first-order valence-electron chi connectivity index (χ1n) is 3.01. The van der Waals surface area contributed by atoms with Gasteiger partial charge in [0.15, 0.2) is 0 Å². The van der Waals surface area contributed by atoms with Crippen LogP contribution in [-0.2, 0) is 0 Å². The summed E-state index contributed by atoms with van der Waals surface area (Å²) in [6.45, 7) is 0. The molecule has 4 heteroatoms. The normalized spacial score (nSPS) is 17.0. The molecule has 1 aliphatic carbocycles. The van der Waals surface area contributed by atoms with Crippen LogP contribution in [0.25, 0.3) is 0 Å². The Morgan fingerprint density at radius 1 is 1.50 bits per heavy atom. The molecule has 0 aromatic rings. The van der Waals surface area contributed by atoms with E-state index in [9.17, 15) is 0 Å². The molecule has 0 heterocycles. The van der Waals surface area contributed by atoms with Crippen molar-refractivity contribution in [2.75, 3.05) is 0 Å². The summed E-state index contributed by atoms with van der Waals surface area (Å²) in [7, 11) is -1.41. The molecule has 0 saturated carbocycles. The van der Waals surface area contributed by atoms with Gasteiger partial charge in [-0.05, 0) is 11.5 Å². The van der Waals surface area contributed by atoms with E-state index in [-0.39, 0.29) is 0 Å². The Morgan fingerprint density at radius 3 is 2.60 bits per heavy atom. The predicted octanol–water partition coefficient (Wildman–Crippen LogP) is -0.0955. The fourth-order valence-electron chi connectivity index (χ4n) is 0.803. The van der Waals surface area contributed by atoms with E-state index in [2.05, 4.69) is 0 Å². The summed E-state index contributed by atoms with van der Waals surface area (Å²) in [5.74, 6) is 0. The summed E-state index contributed by atoms with van der Waals surface area (Å²) in [4.78, 5) is 0. The number of allylic oxidation sites excluding steroid dienone is 4. The molecule has 0 saturated heterocycles. The van der Waals surface area contributed by atoms with E-state index in [4.69, 9.17) is 15.5 Å². The quantitative estimate of drug-likeness (QED) is 0.442. The highest BCUT2D eigenvalue weighted by Gasteiger charge is 2.16. The highest BCUT2D eigenvalue weighted by molar-refractivity contribution is 6.51. The van der Waals surface area contributed by atoms with Gasteiger partial charge in [0.05, 0.1) is 0 Å². The van der Waals surface area contributed by atoms with Gasteiger partial charge >= 0.3 is 7.12 Å². The molecule has 0 unspecified atom stereocenters. The summed E-state index contributed by atoms with van der Waals surface area (Å²) < 4.78 is 0. The van der Waals surface area contributed by atoms with Crippen LogP contribution in [0.2, 0.25) is 0 Å². The summed E-state index contributed by atoms with van der Waals surface area (Å²) >= 11 is 0. The first kappa shape index (κ1) is 7.24. The van der Waals surface area contributed by atoms with Gasteiger partial charge < -0.3 is 15.5 Å². The molecule has 0 bridgehead atoms. The Morgan fingerprint density at radius 2 is 2.20 bits per heavy atom. The van der Waals surface area contributed by atoms with Crippen molar-refractivity contribution in [3.63, 3.8) is 0 Å². The van der Waals surface area contributed by atoms with Gasteiger partial charge in [-0.25, -0.2) is 0 Å². The molecule has 52 valence electrons. The van der Waals surface area contributed by atoms with Gasteiger partial charge in [0.2, 0.25) is 0 Å². The van der Waals surface area contributed by atoms with E-state index in [0.29, 0.717) is 17.6 Å². The number of hydrogen-bond acceptors (Lipinski definition) is 3. The summed E-state index contributed by atoms with van der Waals surface area (Å²) in [6, 6.07) is 0. The second-order valence-corrected chi connectivity index (χ2v) is 2.18. The van der Waals surface area contributed by atoms with E-state index in [0.717, 1.165) is 0 Å². The first-order valence-corrected chi connectivity index (χ1v) is 3.01. The number of rotatable bonds is 1. The molecule has 0 aromatic carbocycles. The third-order valence-electron chi connectivity index (χ3n) is 1.33. The Hall–Kier alpha value is -0.865. The van der Waals surface area contributed by atoms with E-state index >= 15 is 0 Å². The van der Waals surface area contributed by atoms with Crippen LogP contribution in [0.15, 0.2) is 23.7 Å². The van der Waals surface area contributed by atoms with Crippen LogP contribution >= 0.6 is 0 Å². The zero-order valence-corrected chi connectivity index (χ0v) is 5.41. The van der Waals surface area contributed by atoms with Gasteiger partial charge in [-0.3, -0.25) is 0 Å². The minimum Gasteiger partial charge on any atom is -0.423 e. The molecule has 0 aromatic heterocycles. The minimum absolute atomic E-state index is 0.341. The van der Waals surface area contributed by atoms with Crippen LogP contribution in [0, 0.1) is 5.41 Å². The lowest BCUT2D eigenvalue weighted by Crippen LogP contribution is -2.18. The van der Waals surface area contributed by atoms with Crippen LogP contribution in [-0.4, -0.2) is 22.9 Å². The summed E-state index contributed by atoms with van der Waals surface area (Å²) in [6.07, 6.45) is 5.23. The maximum Gasteiger partial charge on any atom is 0.484 e. The highest BCUT2D eigenvalue weighted by atomic mass is 16.4. The molecule has 0 spiro atoms. The number of nitrogens with one attached hydrogen (secondary N) is 1. The molecule has 0 aliphatic heterocycles. The average Bonchev–Trinajstić information content (AvgIpc) is 1.88. The van der Waals surface area contributed by atoms with Gasteiger partial charge in [0.25, 0.3) is 0 Å². The predicted molar refractivity (Wildman–Crippen MR) is 39.8 cm³/mol. The van der Waals surface area contributed by atoms with Crippen molar-refractivity contribution in [1.82, 2.24) is 0 Å². The maximum atomic E-state index is 8.65. The Labute approximate surface area is 59.3 Å². The molecule has 1 rings (SSSR count). The molecular formula is C6H8BNO2. The summed E-state index contributed by atoms with van der Waals surface area (Å²) in [5, 5.41) is 24.5. The van der Waals surface area contributed by atoms with E-state index in [1.165, 1.54) is 0 Å². The molecule has 1 aliphatic rings. The van der Waals surface area contributed by atoms with Crippen LogP contribution in [0.3, 0.4) is 0 Å². The van der Waals surface area contributed by atoms with Crippen molar-refractivity contribution in [3.05, 3.63) is 23.7 Å². The smallest absolute Gasteiger partial charge is 0.423 e. The van der Waals surface area contributed by atoms with Crippen molar-refractivity contribution in [2.45, 2.75) is 6.42 Å². The van der Waals surface area contributed by atoms with Gasteiger partial charge in [0, 0.05) is 12.1 Å². The zero-order valence-electron chi connectivity index (χ0n) is 5.41. The number of hydrogen-bond donors (Lipinski definition) is 3. The lowest BCUT2D eigenvalue weighted by atomic mass is 9.74. The van der Waals surface area contributed by atoms with Crippen LogP contribution in [0.1, 0.15) is 6.42 Å². The molecule has 0 atom stereocenters. The third-order valence-corrected chi connectivity index (χ3v) is 1.33. The largest absolute Gasteiger partial charge is 0.484 e. The van der Waals surface area contributed by atoms with Crippen molar-refractivity contribution in [1.29, 1.82) is 5.41 Å². The molecular weight excluding hydrogens is 129 g/mol. The molecule has 3 nitrogen and oxygen atoms in total. The van der Waals surface area contributed by atoms with Crippen molar-refractivity contribution >= 4 is 12.8 Å².